The highest BCUT2D eigenvalue weighted by molar-refractivity contribution is 5.89. The van der Waals surface area contributed by atoms with E-state index in [0.29, 0.717) is 23.2 Å². The Labute approximate surface area is 196 Å². The minimum atomic E-state index is -0.179. The summed E-state index contributed by atoms with van der Waals surface area (Å²) in [6, 6.07) is 16.5. The lowest BCUT2D eigenvalue weighted by molar-refractivity contribution is 0.0614. The van der Waals surface area contributed by atoms with Crippen LogP contribution in [0.15, 0.2) is 48.5 Å². The fraction of sp³-hybridized carbons (Fsp3) is 0.481. The minimum absolute atomic E-state index is 0.0761. The molecule has 2 heterocycles. The molecule has 2 aliphatic heterocycles. The van der Waals surface area contributed by atoms with Crippen molar-refractivity contribution in [2.75, 3.05) is 25.0 Å². The smallest absolute Gasteiger partial charge is 0.320 e. The predicted octanol–water partition coefficient (Wildman–Crippen LogP) is 5.43. The summed E-state index contributed by atoms with van der Waals surface area (Å²) in [5, 5.41) is 12.1. The molecule has 2 atom stereocenters. The molecule has 2 aliphatic rings. The normalized spacial score (nSPS) is 20.8. The Kier molecular flexibility index (Phi) is 7.61. The third kappa shape index (κ3) is 5.91. The quantitative estimate of drug-likeness (QED) is 0.664. The Morgan fingerprint density at radius 1 is 1.12 bits per heavy atom. The van der Waals surface area contributed by atoms with Gasteiger partial charge in [0.25, 0.3) is 0 Å². The van der Waals surface area contributed by atoms with Crippen LogP contribution in [0.2, 0.25) is 0 Å². The van der Waals surface area contributed by atoms with Gasteiger partial charge in [0.1, 0.15) is 5.82 Å². The maximum atomic E-state index is 13.2. The standard InChI is InChI=1S/C27H33FN4O/c1-20(31-15-12-22(13-16-31)17-21-8-10-24(28)11-9-21)26-7-2-3-14-32(26)27(33)30-25-6-4-5-23(18-25)19-29/h4-6,8-11,18,20,22,26H,2-3,7,12-17H2,1H3,(H,30,33). The van der Waals surface area contributed by atoms with Crippen molar-refractivity contribution in [2.45, 2.75) is 57.5 Å². The summed E-state index contributed by atoms with van der Waals surface area (Å²) in [7, 11) is 0. The second-order valence-electron chi connectivity index (χ2n) is 9.43. The largest absolute Gasteiger partial charge is 0.322 e. The number of likely N-dealkylation sites (tertiary alicyclic amines) is 2. The van der Waals surface area contributed by atoms with Gasteiger partial charge < -0.3 is 10.2 Å². The number of piperidine rings is 2. The van der Waals surface area contributed by atoms with Crippen molar-refractivity contribution in [3.8, 4) is 6.07 Å². The van der Waals surface area contributed by atoms with Gasteiger partial charge in [0, 0.05) is 24.3 Å². The zero-order chi connectivity index (χ0) is 23.2. The second kappa shape index (κ2) is 10.8. The summed E-state index contributed by atoms with van der Waals surface area (Å²) >= 11 is 0. The molecular weight excluding hydrogens is 415 g/mol. The highest BCUT2D eigenvalue weighted by Crippen LogP contribution is 2.28. The van der Waals surface area contributed by atoms with Crippen LogP contribution in [0.25, 0.3) is 0 Å². The number of nitriles is 1. The summed E-state index contributed by atoms with van der Waals surface area (Å²) in [4.78, 5) is 17.7. The molecule has 2 saturated heterocycles. The number of rotatable bonds is 5. The lowest BCUT2D eigenvalue weighted by Gasteiger charge is -2.45. The number of amides is 2. The molecule has 6 heteroatoms. The van der Waals surface area contributed by atoms with Crippen LogP contribution in [-0.2, 0) is 6.42 Å². The Morgan fingerprint density at radius 2 is 1.88 bits per heavy atom. The fourth-order valence-corrected chi connectivity index (χ4v) is 5.33. The number of carbonyl (C=O) groups is 1. The molecule has 0 aliphatic carbocycles. The molecule has 0 aromatic heterocycles. The van der Waals surface area contributed by atoms with Crippen molar-refractivity contribution in [3.05, 3.63) is 65.5 Å². The molecule has 0 radical (unpaired) electrons. The average Bonchev–Trinajstić information content (AvgIpc) is 2.85. The fourth-order valence-electron chi connectivity index (χ4n) is 5.33. The average molecular weight is 449 g/mol. The first-order valence-electron chi connectivity index (χ1n) is 12.1. The van der Waals surface area contributed by atoms with Gasteiger partial charge in [-0.1, -0.05) is 18.2 Å². The number of anilines is 1. The number of urea groups is 1. The molecule has 2 aromatic carbocycles. The molecular formula is C27H33FN4O. The van der Waals surface area contributed by atoms with E-state index in [-0.39, 0.29) is 17.9 Å². The topological polar surface area (TPSA) is 59.4 Å². The van der Waals surface area contributed by atoms with Crippen molar-refractivity contribution in [3.63, 3.8) is 0 Å². The van der Waals surface area contributed by atoms with Gasteiger partial charge in [-0.25, -0.2) is 9.18 Å². The molecule has 1 N–H and O–H groups in total. The van der Waals surface area contributed by atoms with E-state index in [1.807, 2.05) is 23.1 Å². The van der Waals surface area contributed by atoms with Crippen molar-refractivity contribution in [1.82, 2.24) is 9.80 Å². The number of benzene rings is 2. The SMILES string of the molecule is CC(C1CCCCN1C(=O)Nc1cccc(C#N)c1)N1CCC(Cc2ccc(F)cc2)CC1. The van der Waals surface area contributed by atoms with E-state index in [0.717, 1.165) is 58.2 Å². The molecule has 2 aromatic rings. The maximum Gasteiger partial charge on any atom is 0.322 e. The minimum Gasteiger partial charge on any atom is -0.320 e. The van der Waals surface area contributed by atoms with E-state index in [2.05, 4.69) is 23.2 Å². The number of nitrogens with one attached hydrogen (secondary N) is 1. The Hall–Kier alpha value is -2.91. The van der Waals surface area contributed by atoms with Crippen LogP contribution >= 0.6 is 0 Å². The number of nitrogens with zero attached hydrogens (tertiary/aromatic N) is 3. The lowest BCUT2D eigenvalue weighted by Crippen LogP contribution is -2.56. The molecule has 4 rings (SSSR count). The summed E-state index contributed by atoms with van der Waals surface area (Å²) in [5.74, 6) is 0.443. The van der Waals surface area contributed by atoms with Crippen molar-refractivity contribution >= 4 is 11.7 Å². The van der Waals surface area contributed by atoms with E-state index >= 15 is 0 Å². The van der Waals surface area contributed by atoms with Gasteiger partial charge in [0.2, 0.25) is 0 Å². The number of carbonyl (C=O) groups excluding carboxylic acids is 1. The number of hydrogen-bond acceptors (Lipinski definition) is 3. The van der Waals surface area contributed by atoms with Gasteiger partial charge in [-0.05, 0) is 100 Å². The third-order valence-corrected chi connectivity index (χ3v) is 7.27. The van der Waals surface area contributed by atoms with Crippen molar-refractivity contribution < 1.29 is 9.18 Å². The van der Waals surface area contributed by atoms with E-state index < -0.39 is 0 Å². The molecule has 174 valence electrons. The summed E-state index contributed by atoms with van der Waals surface area (Å²) < 4.78 is 13.2. The van der Waals surface area contributed by atoms with Gasteiger partial charge in [-0.2, -0.15) is 5.26 Å². The zero-order valence-corrected chi connectivity index (χ0v) is 19.3. The van der Waals surface area contributed by atoms with Crippen LogP contribution in [0, 0.1) is 23.1 Å². The van der Waals surface area contributed by atoms with E-state index in [9.17, 15) is 9.18 Å². The number of halogens is 1. The van der Waals surface area contributed by atoms with Crippen LogP contribution in [0.4, 0.5) is 14.9 Å². The van der Waals surface area contributed by atoms with Gasteiger partial charge in [-0.3, -0.25) is 4.90 Å². The van der Waals surface area contributed by atoms with Crippen molar-refractivity contribution in [2.24, 2.45) is 5.92 Å². The first kappa shape index (κ1) is 23.3. The van der Waals surface area contributed by atoms with Gasteiger partial charge in [0.15, 0.2) is 0 Å². The van der Waals surface area contributed by atoms with E-state index in [4.69, 9.17) is 5.26 Å². The van der Waals surface area contributed by atoms with Crippen LogP contribution in [-0.4, -0.2) is 47.5 Å². The molecule has 0 saturated carbocycles. The molecule has 0 bridgehead atoms. The highest BCUT2D eigenvalue weighted by atomic mass is 19.1. The maximum absolute atomic E-state index is 13.2. The van der Waals surface area contributed by atoms with Gasteiger partial charge >= 0.3 is 6.03 Å². The van der Waals surface area contributed by atoms with Crippen LogP contribution in [0.5, 0.6) is 0 Å². The lowest BCUT2D eigenvalue weighted by atomic mass is 9.88. The molecule has 0 spiro atoms. The van der Waals surface area contributed by atoms with Gasteiger partial charge in [-0.15, -0.1) is 0 Å². The summed E-state index contributed by atoms with van der Waals surface area (Å²) in [6.07, 6.45) is 6.44. The highest BCUT2D eigenvalue weighted by Gasteiger charge is 2.35. The number of hydrogen-bond donors (Lipinski definition) is 1. The van der Waals surface area contributed by atoms with E-state index in [1.54, 1.807) is 30.3 Å². The first-order chi connectivity index (χ1) is 16.0. The molecule has 5 nitrogen and oxygen atoms in total. The monoisotopic (exact) mass is 448 g/mol. The molecule has 2 unspecified atom stereocenters. The zero-order valence-electron chi connectivity index (χ0n) is 19.3. The molecule has 2 amide bonds. The van der Waals surface area contributed by atoms with E-state index in [1.165, 1.54) is 5.56 Å². The molecule has 2 fully saturated rings. The van der Waals surface area contributed by atoms with Crippen LogP contribution < -0.4 is 5.32 Å². The predicted molar refractivity (Wildman–Crippen MR) is 128 cm³/mol. The first-order valence-corrected chi connectivity index (χ1v) is 12.1. The van der Waals surface area contributed by atoms with Gasteiger partial charge in [0.05, 0.1) is 11.6 Å². The Balaban J connectivity index is 1.34. The third-order valence-electron chi connectivity index (χ3n) is 7.27. The second-order valence-corrected chi connectivity index (χ2v) is 9.43. The van der Waals surface area contributed by atoms with Crippen LogP contribution in [0.1, 0.15) is 50.2 Å². The Morgan fingerprint density at radius 3 is 2.61 bits per heavy atom. The van der Waals surface area contributed by atoms with Crippen molar-refractivity contribution in [1.29, 1.82) is 5.26 Å². The van der Waals surface area contributed by atoms with Crippen LogP contribution in [0.3, 0.4) is 0 Å². The summed E-state index contributed by atoms with van der Waals surface area (Å²) in [5.41, 5.74) is 2.41. The Bertz CT molecular complexity index is 978. The molecule has 33 heavy (non-hydrogen) atoms. The summed E-state index contributed by atoms with van der Waals surface area (Å²) in [6.45, 7) is 5.08.